The summed E-state index contributed by atoms with van der Waals surface area (Å²) in [7, 11) is 1.38. The second-order valence-electron chi connectivity index (χ2n) is 9.53. The van der Waals surface area contributed by atoms with Crippen LogP contribution in [0.5, 0.6) is 0 Å². The Bertz CT molecular complexity index is 1080. The van der Waals surface area contributed by atoms with Gasteiger partial charge in [0.25, 0.3) is 0 Å². The summed E-state index contributed by atoms with van der Waals surface area (Å²) in [5, 5.41) is 0.576. The number of rotatable bonds is 3. The van der Waals surface area contributed by atoms with Crippen molar-refractivity contribution in [2.45, 2.75) is 45.8 Å². The molecule has 1 fully saturated rings. The molecule has 3 rings (SSSR count). The zero-order valence-corrected chi connectivity index (χ0v) is 21.9. The molecule has 1 saturated heterocycles. The Labute approximate surface area is 212 Å². The fraction of sp³-hybridized carbons (Fsp3) is 0.444. The van der Waals surface area contributed by atoms with E-state index in [0.29, 0.717) is 43.2 Å². The van der Waals surface area contributed by atoms with Crippen molar-refractivity contribution in [2.75, 3.05) is 33.3 Å². The maximum atomic E-state index is 12.6. The molecule has 1 atom stereocenters. The van der Waals surface area contributed by atoms with Crippen LogP contribution in [0.1, 0.15) is 51.3 Å². The smallest absolute Gasteiger partial charge is 0.410 e. The van der Waals surface area contributed by atoms with Crippen LogP contribution in [0.4, 0.5) is 4.79 Å². The molecule has 2 aliphatic rings. The van der Waals surface area contributed by atoms with Crippen LogP contribution in [0.25, 0.3) is 6.08 Å². The van der Waals surface area contributed by atoms with Gasteiger partial charge in [-0.15, -0.1) is 0 Å². The molecule has 35 heavy (non-hydrogen) atoms. The second kappa shape index (κ2) is 11.2. The minimum Gasteiger partial charge on any atom is -0.466 e. The molecule has 8 heteroatoms. The van der Waals surface area contributed by atoms with Crippen molar-refractivity contribution in [1.29, 1.82) is 0 Å². The van der Waals surface area contributed by atoms with Gasteiger partial charge in [0, 0.05) is 49.4 Å². The number of hydrogen-bond acceptors (Lipinski definition) is 6. The van der Waals surface area contributed by atoms with Gasteiger partial charge in [-0.1, -0.05) is 30.3 Å². The first-order valence-corrected chi connectivity index (χ1v) is 12.1. The van der Waals surface area contributed by atoms with Gasteiger partial charge in [0.1, 0.15) is 5.60 Å². The molecule has 1 aliphatic carbocycles. The van der Waals surface area contributed by atoms with Crippen molar-refractivity contribution in [3.05, 3.63) is 64.3 Å². The fourth-order valence-corrected chi connectivity index (χ4v) is 4.58. The van der Waals surface area contributed by atoms with Crippen molar-refractivity contribution in [3.63, 3.8) is 0 Å². The number of fused-ring (bicyclic) bond motifs is 1. The molecule has 1 aromatic rings. The summed E-state index contributed by atoms with van der Waals surface area (Å²) in [4.78, 5) is 33.9. The normalized spacial score (nSPS) is 23.1. The Morgan fingerprint density at radius 3 is 2.46 bits per heavy atom. The van der Waals surface area contributed by atoms with Gasteiger partial charge in [-0.3, -0.25) is 9.89 Å². The molecule has 7 nitrogen and oxygen atoms in total. The van der Waals surface area contributed by atoms with Crippen LogP contribution in [0.2, 0.25) is 5.02 Å². The Hall–Kier alpha value is -2.90. The standard InChI is InChI=1S/C27H34ClN3O4/c1-7-18-15-20(25(32)34-6)16-19-17-21(28)9-10-22(19)24(23(18)29-8-2)30-11-13-31(14-12-30)26(33)35-27(3,4)5/h7-10,16-17,24H,2,11-15H2,1,3-6H3/b18-7-,20-16+,29-23?. The lowest BCUT2D eigenvalue weighted by Crippen LogP contribution is -2.52. The number of amides is 1. The summed E-state index contributed by atoms with van der Waals surface area (Å²) >= 11 is 6.35. The third kappa shape index (κ3) is 6.41. The van der Waals surface area contributed by atoms with Crippen LogP contribution in [-0.4, -0.2) is 66.5 Å². The molecule has 0 radical (unpaired) electrons. The molecule has 1 aliphatic heterocycles. The number of esters is 1. The zero-order valence-electron chi connectivity index (χ0n) is 21.1. The summed E-state index contributed by atoms with van der Waals surface area (Å²) in [5.74, 6) is -0.391. The van der Waals surface area contributed by atoms with E-state index in [4.69, 9.17) is 26.1 Å². The molecular weight excluding hydrogens is 466 g/mol. The number of carbonyl (C=O) groups is 2. The number of aliphatic imine (C=N–C) groups is 1. The zero-order chi connectivity index (χ0) is 25.8. The minimum absolute atomic E-state index is 0.206. The third-order valence-electron chi connectivity index (χ3n) is 6.00. The number of ether oxygens (including phenoxy) is 2. The number of piperazine rings is 1. The SMILES string of the molecule is C=CN=C1/C(=C\C)C/C(C(=O)OC)=C\c2cc(Cl)ccc2C1N1CCN(C(=O)OC(C)(C)C)CC1. The average Bonchev–Trinajstić information content (AvgIpc) is 2.80. The van der Waals surface area contributed by atoms with Crippen molar-refractivity contribution >= 4 is 35.5 Å². The molecule has 0 spiro atoms. The van der Waals surface area contributed by atoms with E-state index in [2.05, 4.69) is 11.5 Å². The van der Waals surface area contributed by atoms with Crippen LogP contribution in [-0.2, 0) is 14.3 Å². The van der Waals surface area contributed by atoms with Gasteiger partial charge in [0.15, 0.2) is 0 Å². The van der Waals surface area contributed by atoms with Crippen LogP contribution in [0, 0.1) is 0 Å². The first kappa shape index (κ1) is 26.7. The number of carbonyl (C=O) groups excluding carboxylic acids is 2. The number of methoxy groups -OCH3 is 1. The predicted octanol–water partition coefficient (Wildman–Crippen LogP) is 5.42. The third-order valence-corrected chi connectivity index (χ3v) is 6.23. The van der Waals surface area contributed by atoms with Gasteiger partial charge in [-0.2, -0.15) is 0 Å². The van der Waals surface area contributed by atoms with Crippen LogP contribution in [0.15, 0.2) is 53.2 Å². The van der Waals surface area contributed by atoms with E-state index >= 15 is 0 Å². The largest absolute Gasteiger partial charge is 0.466 e. The number of nitrogens with zero attached hydrogens (tertiary/aromatic N) is 3. The average molecular weight is 500 g/mol. The molecule has 188 valence electrons. The molecule has 1 aromatic carbocycles. The van der Waals surface area contributed by atoms with Gasteiger partial charge < -0.3 is 14.4 Å². The lowest BCUT2D eigenvalue weighted by atomic mass is 9.84. The quantitative estimate of drug-likeness (QED) is 0.519. The van der Waals surface area contributed by atoms with E-state index in [1.54, 1.807) is 4.90 Å². The van der Waals surface area contributed by atoms with Gasteiger partial charge in [-0.05, 0) is 62.6 Å². The van der Waals surface area contributed by atoms with Gasteiger partial charge in [0.05, 0.1) is 18.9 Å². The van der Waals surface area contributed by atoms with Crippen molar-refractivity contribution in [3.8, 4) is 0 Å². The lowest BCUT2D eigenvalue weighted by molar-refractivity contribution is -0.136. The number of allylic oxidation sites excluding steroid dienone is 1. The van der Waals surface area contributed by atoms with E-state index in [-0.39, 0.29) is 12.1 Å². The molecule has 0 saturated carbocycles. The molecule has 0 bridgehead atoms. The molecule has 1 unspecified atom stereocenters. The summed E-state index contributed by atoms with van der Waals surface area (Å²) in [6.45, 7) is 13.7. The van der Waals surface area contributed by atoms with Gasteiger partial charge in [-0.25, -0.2) is 9.59 Å². The Morgan fingerprint density at radius 2 is 1.89 bits per heavy atom. The van der Waals surface area contributed by atoms with E-state index in [1.807, 2.05) is 58.0 Å². The summed E-state index contributed by atoms with van der Waals surface area (Å²) in [5.41, 5.74) is 3.52. The Balaban J connectivity index is 2.04. The maximum absolute atomic E-state index is 12.6. The highest BCUT2D eigenvalue weighted by molar-refractivity contribution is 6.30. The van der Waals surface area contributed by atoms with Crippen LogP contribution < -0.4 is 0 Å². The first-order valence-electron chi connectivity index (χ1n) is 11.7. The first-order chi connectivity index (χ1) is 16.6. The maximum Gasteiger partial charge on any atom is 0.410 e. The number of benzene rings is 1. The molecule has 1 heterocycles. The topological polar surface area (TPSA) is 71.4 Å². The minimum atomic E-state index is -0.541. The number of halogens is 1. The predicted molar refractivity (Wildman–Crippen MR) is 140 cm³/mol. The molecule has 0 N–H and O–H groups in total. The van der Waals surface area contributed by atoms with E-state index in [0.717, 1.165) is 22.4 Å². The molecule has 1 amide bonds. The highest BCUT2D eigenvalue weighted by Gasteiger charge is 2.35. The highest BCUT2D eigenvalue weighted by Crippen LogP contribution is 2.36. The fourth-order valence-electron chi connectivity index (χ4n) is 4.40. The summed E-state index contributed by atoms with van der Waals surface area (Å²) in [6.07, 6.45) is 5.43. The van der Waals surface area contributed by atoms with Crippen molar-refractivity contribution < 1.29 is 19.1 Å². The van der Waals surface area contributed by atoms with Crippen LogP contribution in [0.3, 0.4) is 0 Å². The summed E-state index contributed by atoms with van der Waals surface area (Å²) < 4.78 is 10.6. The monoisotopic (exact) mass is 499 g/mol. The van der Waals surface area contributed by atoms with E-state index in [1.165, 1.54) is 13.3 Å². The van der Waals surface area contributed by atoms with Gasteiger partial charge in [0.2, 0.25) is 0 Å². The van der Waals surface area contributed by atoms with E-state index < -0.39 is 11.6 Å². The number of hydrogen-bond donors (Lipinski definition) is 0. The van der Waals surface area contributed by atoms with Gasteiger partial charge >= 0.3 is 12.1 Å². The molecule has 0 aromatic heterocycles. The summed E-state index contributed by atoms with van der Waals surface area (Å²) in [6, 6.07) is 5.47. The lowest BCUT2D eigenvalue weighted by Gasteiger charge is -2.41. The van der Waals surface area contributed by atoms with Crippen molar-refractivity contribution in [1.82, 2.24) is 9.80 Å². The highest BCUT2D eigenvalue weighted by atomic mass is 35.5. The Kier molecular flexibility index (Phi) is 8.56. The Morgan fingerprint density at radius 1 is 1.20 bits per heavy atom. The second-order valence-corrected chi connectivity index (χ2v) is 9.96. The van der Waals surface area contributed by atoms with Crippen LogP contribution >= 0.6 is 11.6 Å². The van der Waals surface area contributed by atoms with E-state index in [9.17, 15) is 9.59 Å². The molecular formula is C27H34ClN3O4. The van der Waals surface area contributed by atoms with Crippen molar-refractivity contribution in [2.24, 2.45) is 4.99 Å².